The minimum atomic E-state index is -0.261. The van der Waals surface area contributed by atoms with Gasteiger partial charge in [-0.05, 0) is 173 Å². The highest BCUT2D eigenvalue weighted by Gasteiger charge is 2.71. The van der Waals surface area contributed by atoms with Crippen LogP contribution in [-0.4, -0.2) is 44.4 Å². The molecule has 0 spiro atoms. The molecular formula is C43H65NO3. The molecule has 5 fully saturated rings. The molecule has 1 unspecified atom stereocenters. The number of Topliss-reactive ketones (excluding diaryl/α,β-unsaturated/α-hetero) is 1. The second-order valence-corrected chi connectivity index (χ2v) is 18.7. The molecule has 5 aliphatic carbocycles. The number of ketones is 1. The summed E-state index contributed by atoms with van der Waals surface area (Å²) in [6.07, 6.45) is 13.9. The lowest BCUT2D eigenvalue weighted by Gasteiger charge is -2.73. The van der Waals surface area contributed by atoms with Crippen LogP contribution in [0.5, 0.6) is 0 Å². The quantitative estimate of drug-likeness (QED) is 0.209. The van der Waals surface area contributed by atoms with Gasteiger partial charge in [0.05, 0.1) is 12.7 Å². The molecule has 1 aromatic rings. The average Bonchev–Trinajstić information content (AvgIpc) is 3.42. The van der Waals surface area contributed by atoms with E-state index in [4.69, 9.17) is 4.74 Å². The lowest BCUT2D eigenvalue weighted by Crippen LogP contribution is -2.66. The van der Waals surface area contributed by atoms with Crippen molar-refractivity contribution >= 4 is 11.8 Å². The fourth-order valence-corrected chi connectivity index (χ4v) is 14.0. The molecule has 260 valence electrons. The molecule has 5 saturated carbocycles. The summed E-state index contributed by atoms with van der Waals surface area (Å²) < 4.78 is 4.97. The lowest BCUT2D eigenvalue weighted by atomic mass is 9.31. The van der Waals surface area contributed by atoms with E-state index in [0.717, 1.165) is 38.6 Å². The van der Waals surface area contributed by atoms with E-state index in [-0.39, 0.29) is 27.6 Å². The van der Waals surface area contributed by atoms with Gasteiger partial charge in [0.15, 0.2) is 0 Å². The van der Waals surface area contributed by atoms with Gasteiger partial charge in [0.2, 0.25) is 0 Å². The van der Waals surface area contributed by atoms with Crippen molar-refractivity contribution < 1.29 is 14.3 Å². The summed E-state index contributed by atoms with van der Waals surface area (Å²) in [6.45, 7) is 21.0. The number of nitrogens with zero attached hydrogens (tertiary/aromatic N) is 1. The maximum absolute atomic E-state index is 14.3. The minimum absolute atomic E-state index is 0.131. The van der Waals surface area contributed by atoms with Crippen molar-refractivity contribution in [1.29, 1.82) is 0 Å². The highest BCUT2D eigenvalue weighted by atomic mass is 16.5. The van der Waals surface area contributed by atoms with Crippen molar-refractivity contribution in [2.75, 3.05) is 27.7 Å². The van der Waals surface area contributed by atoms with Crippen LogP contribution in [0.15, 0.2) is 36.4 Å². The Morgan fingerprint density at radius 1 is 0.851 bits per heavy atom. The van der Waals surface area contributed by atoms with Crippen molar-refractivity contribution in [3.8, 4) is 0 Å². The van der Waals surface area contributed by atoms with Crippen LogP contribution in [0.4, 0.5) is 0 Å². The van der Waals surface area contributed by atoms with E-state index in [9.17, 15) is 9.59 Å². The Kier molecular flexibility index (Phi) is 9.01. The summed E-state index contributed by atoms with van der Waals surface area (Å²) in [7, 11) is 5.70. The van der Waals surface area contributed by atoms with Crippen LogP contribution in [0.1, 0.15) is 140 Å². The van der Waals surface area contributed by atoms with Gasteiger partial charge in [-0.3, -0.25) is 4.79 Å². The van der Waals surface area contributed by atoms with Gasteiger partial charge in [-0.1, -0.05) is 58.9 Å². The molecule has 1 aromatic carbocycles. The SMILES string of the molecule is C=C(C)[C@@H]1CC[C@]2(C(=O)CCCN(C)C)CC[C@]3(C)[C@H](CC[C@@H]4[C@@]5(C)CCC(c6ccc(C(=O)OC)cc6)C(C)(C)[C@@H]5CC[C@]43C)[C@@H]12. The number of fused-ring (bicyclic) bond motifs is 7. The fraction of sp³-hybridized carbons (Fsp3) is 0.767. The minimum Gasteiger partial charge on any atom is -0.465 e. The molecule has 0 saturated heterocycles. The first-order valence-corrected chi connectivity index (χ1v) is 19.1. The number of carbonyl (C=O) groups is 2. The number of esters is 1. The molecule has 0 radical (unpaired) electrons. The predicted molar refractivity (Wildman–Crippen MR) is 192 cm³/mol. The van der Waals surface area contributed by atoms with Gasteiger partial charge in [0.25, 0.3) is 0 Å². The Morgan fingerprint density at radius 2 is 1.55 bits per heavy atom. The van der Waals surface area contributed by atoms with Crippen molar-refractivity contribution in [3.05, 3.63) is 47.5 Å². The third-order valence-corrected chi connectivity index (χ3v) is 16.4. The number of hydrogen-bond donors (Lipinski definition) is 0. The normalized spacial score (nSPS) is 42.1. The first-order chi connectivity index (χ1) is 22.1. The van der Waals surface area contributed by atoms with Gasteiger partial charge in [-0.15, -0.1) is 0 Å². The van der Waals surface area contributed by atoms with Gasteiger partial charge in [-0.2, -0.15) is 0 Å². The second-order valence-electron chi connectivity index (χ2n) is 18.7. The van der Waals surface area contributed by atoms with Crippen LogP contribution in [0, 0.1) is 56.7 Å². The summed E-state index contributed by atoms with van der Waals surface area (Å²) >= 11 is 0. The summed E-state index contributed by atoms with van der Waals surface area (Å²) in [5.74, 6) is 3.76. The van der Waals surface area contributed by atoms with Crippen LogP contribution < -0.4 is 0 Å². The van der Waals surface area contributed by atoms with Crippen molar-refractivity contribution in [3.63, 3.8) is 0 Å². The molecule has 0 aliphatic heterocycles. The highest BCUT2D eigenvalue weighted by Crippen LogP contribution is 2.78. The van der Waals surface area contributed by atoms with Gasteiger partial charge in [0, 0.05) is 11.8 Å². The van der Waals surface area contributed by atoms with E-state index in [0.29, 0.717) is 52.3 Å². The monoisotopic (exact) mass is 643 g/mol. The van der Waals surface area contributed by atoms with E-state index >= 15 is 0 Å². The van der Waals surface area contributed by atoms with Gasteiger partial charge < -0.3 is 9.64 Å². The zero-order valence-electron chi connectivity index (χ0n) is 31.3. The Morgan fingerprint density at radius 3 is 2.19 bits per heavy atom. The van der Waals surface area contributed by atoms with E-state index in [1.54, 1.807) is 0 Å². The molecule has 6 rings (SSSR count). The first-order valence-electron chi connectivity index (χ1n) is 19.1. The first kappa shape index (κ1) is 34.9. The molecule has 47 heavy (non-hydrogen) atoms. The van der Waals surface area contributed by atoms with E-state index in [1.165, 1.54) is 63.2 Å². The molecule has 0 heterocycles. The van der Waals surface area contributed by atoms with Crippen LogP contribution in [0.2, 0.25) is 0 Å². The number of ether oxygens (including phenoxy) is 1. The Bertz CT molecular complexity index is 1380. The van der Waals surface area contributed by atoms with Crippen molar-refractivity contribution in [2.45, 2.75) is 125 Å². The Hall–Kier alpha value is -1.94. The summed E-state index contributed by atoms with van der Waals surface area (Å²) in [5, 5.41) is 0. The number of rotatable bonds is 8. The number of benzene rings is 1. The number of carbonyl (C=O) groups excluding carboxylic acids is 2. The maximum atomic E-state index is 14.3. The molecule has 0 N–H and O–H groups in total. The highest BCUT2D eigenvalue weighted by molar-refractivity contribution is 5.89. The summed E-state index contributed by atoms with van der Waals surface area (Å²) in [5.41, 5.74) is 4.23. The third kappa shape index (κ3) is 5.15. The zero-order chi connectivity index (χ0) is 34.2. The summed E-state index contributed by atoms with van der Waals surface area (Å²) in [6, 6.07) is 8.30. The van der Waals surface area contributed by atoms with Gasteiger partial charge >= 0.3 is 5.97 Å². The van der Waals surface area contributed by atoms with Crippen molar-refractivity contribution in [2.24, 2.45) is 56.7 Å². The molecule has 10 atom stereocenters. The smallest absolute Gasteiger partial charge is 0.337 e. The molecular weight excluding hydrogens is 578 g/mol. The van der Waals surface area contributed by atoms with Crippen molar-refractivity contribution in [1.82, 2.24) is 4.90 Å². The number of hydrogen-bond acceptors (Lipinski definition) is 4. The van der Waals surface area contributed by atoms with Crippen LogP contribution in [0.3, 0.4) is 0 Å². The summed E-state index contributed by atoms with van der Waals surface area (Å²) in [4.78, 5) is 28.7. The van der Waals surface area contributed by atoms with E-state index in [2.05, 4.69) is 79.2 Å². The van der Waals surface area contributed by atoms with E-state index in [1.807, 2.05) is 12.1 Å². The van der Waals surface area contributed by atoms with E-state index < -0.39 is 0 Å². The maximum Gasteiger partial charge on any atom is 0.337 e. The van der Waals surface area contributed by atoms with Gasteiger partial charge in [-0.25, -0.2) is 4.79 Å². The number of methoxy groups -OCH3 is 1. The second kappa shape index (κ2) is 12.1. The largest absolute Gasteiger partial charge is 0.465 e. The zero-order valence-corrected chi connectivity index (χ0v) is 31.3. The average molecular weight is 644 g/mol. The van der Waals surface area contributed by atoms with Crippen LogP contribution in [0.25, 0.3) is 0 Å². The molecule has 0 aromatic heterocycles. The van der Waals surface area contributed by atoms with Crippen LogP contribution >= 0.6 is 0 Å². The number of allylic oxidation sites excluding steroid dienone is 1. The topological polar surface area (TPSA) is 46.6 Å². The lowest BCUT2D eigenvalue weighted by molar-refractivity contribution is -0.237. The Labute approximate surface area is 286 Å². The predicted octanol–water partition coefficient (Wildman–Crippen LogP) is 10.1. The molecule has 4 nitrogen and oxygen atoms in total. The van der Waals surface area contributed by atoms with Crippen LogP contribution in [-0.2, 0) is 9.53 Å². The third-order valence-electron chi connectivity index (χ3n) is 16.4. The molecule has 4 heteroatoms. The molecule has 0 bridgehead atoms. The van der Waals surface area contributed by atoms with Gasteiger partial charge in [0.1, 0.15) is 5.78 Å². The molecule has 0 amide bonds. The Balaban J connectivity index is 1.29. The standard InChI is InChI=1S/C43H65NO3/c1-28(2)31-19-24-43(36(45)12-11-27-44(8)9)26-25-41(6)33(37(31)43)17-18-35-40(5)22-20-32(29-13-15-30(16-14-29)38(46)47-10)39(3,4)34(40)21-23-42(35,41)7/h13-16,31-35,37H,1,11-12,17-27H2,2-10H3/t31-,32?,33+,34-,35+,37+,40-,41+,42+,43+/m0/s1. The molecule has 5 aliphatic rings. The fourth-order valence-electron chi connectivity index (χ4n) is 14.0.